The summed E-state index contributed by atoms with van der Waals surface area (Å²) in [6, 6.07) is -0.445. The maximum absolute atomic E-state index is 11.9. The lowest BCUT2D eigenvalue weighted by atomic mass is 9.97. The van der Waals surface area contributed by atoms with E-state index < -0.39 is 6.03 Å². The second kappa shape index (κ2) is 9.56. The normalized spacial score (nSPS) is 14.0. The molecule has 2 N–H and O–H groups in total. The van der Waals surface area contributed by atoms with Gasteiger partial charge in [0, 0.05) is 17.9 Å². The lowest BCUT2D eigenvalue weighted by Crippen LogP contribution is -2.40. The number of allylic oxidation sites excluding steroid dienone is 1. The van der Waals surface area contributed by atoms with E-state index in [2.05, 4.69) is 26.7 Å². The second-order valence-electron chi connectivity index (χ2n) is 6.25. The molecule has 0 atom stereocenters. The zero-order valence-corrected chi connectivity index (χ0v) is 16.0. The number of carbonyl (C=O) groups excluding carboxylic acids is 2. The van der Waals surface area contributed by atoms with Crippen LogP contribution in [0.1, 0.15) is 49.1 Å². The smallest absolute Gasteiger partial charge is 0.321 e. The third-order valence-electron chi connectivity index (χ3n) is 4.31. The molecule has 1 heterocycles. The predicted octanol–water partition coefficient (Wildman–Crippen LogP) is 3.21. The highest BCUT2D eigenvalue weighted by Gasteiger charge is 2.11. The highest BCUT2D eigenvalue weighted by Crippen LogP contribution is 2.19. The van der Waals surface area contributed by atoms with E-state index >= 15 is 0 Å². The van der Waals surface area contributed by atoms with Crippen LogP contribution in [0.25, 0.3) is 0 Å². The number of urea groups is 1. The lowest BCUT2D eigenvalue weighted by molar-refractivity contribution is -0.117. The van der Waals surface area contributed by atoms with Crippen molar-refractivity contribution in [3.63, 3.8) is 0 Å². The van der Waals surface area contributed by atoms with Crippen LogP contribution in [0, 0.1) is 20.8 Å². The van der Waals surface area contributed by atoms with Gasteiger partial charge in [0.15, 0.2) is 5.16 Å². The molecule has 1 aromatic rings. The molecule has 1 aliphatic carbocycles. The Labute approximate surface area is 153 Å². The maximum atomic E-state index is 11.9. The van der Waals surface area contributed by atoms with Crippen LogP contribution >= 0.6 is 11.8 Å². The highest BCUT2D eigenvalue weighted by molar-refractivity contribution is 7.99. The zero-order chi connectivity index (χ0) is 18.2. The number of amides is 3. The number of thioether (sulfide) groups is 1. The predicted molar refractivity (Wildman–Crippen MR) is 99.7 cm³/mol. The number of aryl methyl sites for hydroxylation is 2. The molecule has 3 amide bonds. The third-order valence-corrected chi connectivity index (χ3v) is 5.16. The molecule has 2 rings (SSSR count). The standard InChI is InChI=1S/C18H26N4O2S/c1-12-13(2)20-18(21-14(12)3)25-11-16(23)22-17(24)19-10-9-15-7-5-4-6-8-15/h7H,4-6,8-11H2,1-3H3,(H2,19,22,23,24). The Kier molecular flexibility index (Phi) is 7.43. The van der Waals surface area contributed by atoms with Crippen LogP contribution in [0.5, 0.6) is 0 Å². The van der Waals surface area contributed by atoms with Crippen molar-refractivity contribution < 1.29 is 9.59 Å². The van der Waals surface area contributed by atoms with Gasteiger partial charge in [0.25, 0.3) is 0 Å². The molecule has 0 bridgehead atoms. The van der Waals surface area contributed by atoms with Crippen molar-refractivity contribution >= 4 is 23.7 Å². The number of hydrogen-bond donors (Lipinski definition) is 2. The Hall–Kier alpha value is -1.89. The summed E-state index contributed by atoms with van der Waals surface area (Å²) in [7, 11) is 0. The molecule has 0 aromatic carbocycles. The summed E-state index contributed by atoms with van der Waals surface area (Å²) < 4.78 is 0. The Balaban J connectivity index is 1.69. The summed E-state index contributed by atoms with van der Waals surface area (Å²) >= 11 is 1.23. The molecule has 1 aliphatic rings. The molecule has 25 heavy (non-hydrogen) atoms. The van der Waals surface area contributed by atoms with Gasteiger partial charge in [0.05, 0.1) is 5.75 Å². The Morgan fingerprint density at radius 1 is 1.16 bits per heavy atom. The van der Waals surface area contributed by atoms with E-state index in [9.17, 15) is 9.59 Å². The zero-order valence-electron chi connectivity index (χ0n) is 15.1. The summed E-state index contributed by atoms with van der Waals surface area (Å²) in [5, 5.41) is 5.63. The topological polar surface area (TPSA) is 84.0 Å². The van der Waals surface area contributed by atoms with Crippen LogP contribution in [0.3, 0.4) is 0 Å². The summed E-state index contributed by atoms with van der Waals surface area (Å²) in [4.78, 5) is 32.3. The highest BCUT2D eigenvalue weighted by atomic mass is 32.2. The Morgan fingerprint density at radius 2 is 1.88 bits per heavy atom. The minimum absolute atomic E-state index is 0.112. The van der Waals surface area contributed by atoms with Crippen LogP contribution in [0.4, 0.5) is 4.79 Å². The second-order valence-corrected chi connectivity index (χ2v) is 7.20. The van der Waals surface area contributed by atoms with Gasteiger partial charge in [-0.2, -0.15) is 0 Å². The molecule has 136 valence electrons. The van der Waals surface area contributed by atoms with Crippen molar-refractivity contribution in [3.05, 3.63) is 28.6 Å². The van der Waals surface area contributed by atoms with Crippen LogP contribution < -0.4 is 10.6 Å². The van der Waals surface area contributed by atoms with E-state index in [1.807, 2.05) is 20.8 Å². The number of nitrogens with zero attached hydrogens (tertiary/aromatic N) is 2. The first-order chi connectivity index (χ1) is 12.0. The number of imide groups is 1. The van der Waals surface area contributed by atoms with Gasteiger partial charge in [-0.1, -0.05) is 23.4 Å². The van der Waals surface area contributed by atoms with Gasteiger partial charge in [-0.3, -0.25) is 10.1 Å². The molecule has 0 saturated carbocycles. The van der Waals surface area contributed by atoms with Crippen molar-refractivity contribution in [2.45, 2.75) is 58.0 Å². The van der Waals surface area contributed by atoms with E-state index in [-0.39, 0.29) is 11.7 Å². The minimum atomic E-state index is -0.445. The summed E-state index contributed by atoms with van der Waals surface area (Å²) in [5.74, 6) is -0.237. The fraction of sp³-hybridized carbons (Fsp3) is 0.556. The molecule has 0 radical (unpaired) electrons. The van der Waals surface area contributed by atoms with E-state index in [1.165, 1.54) is 30.2 Å². The van der Waals surface area contributed by atoms with Gasteiger partial charge in [0.2, 0.25) is 5.91 Å². The first kappa shape index (κ1) is 19.4. The molecule has 0 unspecified atom stereocenters. The molecular weight excluding hydrogens is 336 g/mol. The van der Waals surface area contributed by atoms with Gasteiger partial charge >= 0.3 is 6.03 Å². The number of hydrogen-bond acceptors (Lipinski definition) is 5. The Morgan fingerprint density at radius 3 is 2.52 bits per heavy atom. The van der Waals surface area contributed by atoms with Crippen LogP contribution in [0.2, 0.25) is 0 Å². The number of carbonyl (C=O) groups is 2. The molecule has 7 heteroatoms. The third kappa shape index (κ3) is 6.49. The van der Waals surface area contributed by atoms with Gasteiger partial charge in [-0.25, -0.2) is 14.8 Å². The fourth-order valence-corrected chi connectivity index (χ4v) is 3.35. The summed E-state index contributed by atoms with van der Waals surface area (Å²) in [5.41, 5.74) is 4.27. The van der Waals surface area contributed by atoms with Gasteiger partial charge in [0.1, 0.15) is 0 Å². The minimum Gasteiger partial charge on any atom is -0.337 e. The molecular formula is C18H26N4O2S. The lowest BCUT2D eigenvalue weighted by Gasteiger charge is -2.13. The molecule has 0 fully saturated rings. The maximum Gasteiger partial charge on any atom is 0.321 e. The molecule has 6 nitrogen and oxygen atoms in total. The number of rotatable bonds is 6. The van der Waals surface area contributed by atoms with E-state index in [1.54, 1.807) is 0 Å². The van der Waals surface area contributed by atoms with E-state index in [4.69, 9.17) is 0 Å². The Bertz CT molecular complexity index is 650. The van der Waals surface area contributed by atoms with Gasteiger partial charge < -0.3 is 5.32 Å². The quantitative estimate of drug-likeness (QED) is 0.461. The average Bonchev–Trinajstić information content (AvgIpc) is 2.58. The first-order valence-electron chi connectivity index (χ1n) is 8.66. The van der Waals surface area contributed by atoms with Crippen molar-refractivity contribution in [1.82, 2.24) is 20.6 Å². The van der Waals surface area contributed by atoms with Crippen LogP contribution in [-0.4, -0.2) is 34.2 Å². The molecule has 0 saturated heterocycles. The van der Waals surface area contributed by atoms with Crippen molar-refractivity contribution in [2.75, 3.05) is 12.3 Å². The first-order valence-corrected chi connectivity index (χ1v) is 9.64. The van der Waals surface area contributed by atoms with Crippen molar-refractivity contribution in [1.29, 1.82) is 0 Å². The molecule has 1 aromatic heterocycles. The van der Waals surface area contributed by atoms with E-state index in [0.717, 1.165) is 36.2 Å². The monoisotopic (exact) mass is 362 g/mol. The van der Waals surface area contributed by atoms with Gasteiger partial charge in [-0.15, -0.1) is 0 Å². The van der Waals surface area contributed by atoms with Crippen LogP contribution in [0.15, 0.2) is 16.8 Å². The van der Waals surface area contributed by atoms with E-state index in [0.29, 0.717) is 11.7 Å². The average molecular weight is 362 g/mol. The number of nitrogens with one attached hydrogen (secondary N) is 2. The van der Waals surface area contributed by atoms with Crippen molar-refractivity contribution in [2.24, 2.45) is 0 Å². The fourth-order valence-electron chi connectivity index (χ4n) is 2.61. The number of aromatic nitrogens is 2. The van der Waals surface area contributed by atoms with Crippen molar-refractivity contribution in [3.8, 4) is 0 Å². The summed E-state index contributed by atoms with van der Waals surface area (Å²) in [6.07, 6.45) is 7.86. The SMILES string of the molecule is Cc1nc(SCC(=O)NC(=O)NCCC2=CCCCC2)nc(C)c1C. The van der Waals surface area contributed by atoms with Gasteiger partial charge in [-0.05, 0) is 58.4 Å². The largest absolute Gasteiger partial charge is 0.337 e. The molecule has 0 aliphatic heterocycles. The molecule has 0 spiro atoms. The summed E-state index contributed by atoms with van der Waals surface area (Å²) in [6.45, 7) is 6.36. The van der Waals surface area contributed by atoms with Crippen LogP contribution in [-0.2, 0) is 4.79 Å².